The fourth-order valence-electron chi connectivity index (χ4n) is 2.85. The highest BCUT2D eigenvalue weighted by Crippen LogP contribution is 2.59. The topological polar surface area (TPSA) is 34.9 Å². The first-order chi connectivity index (χ1) is 11.0. The van der Waals surface area contributed by atoms with Crippen molar-refractivity contribution in [2.75, 3.05) is 0 Å². The number of fused-ring (bicyclic) bond motifs is 1. The number of ketones is 1. The molecule has 0 saturated heterocycles. The van der Waals surface area contributed by atoms with Crippen LogP contribution in [0, 0.1) is 5.41 Å². The molecule has 1 aromatic carbocycles. The number of nitrogens with zero attached hydrogens (tertiary/aromatic N) is 2. The lowest BCUT2D eigenvalue weighted by Gasteiger charge is -2.41. The van der Waals surface area contributed by atoms with E-state index in [-0.39, 0.29) is 17.7 Å². The van der Waals surface area contributed by atoms with Crippen LogP contribution in [0.25, 0.3) is 5.69 Å². The van der Waals surface area contributed by atoms with Crippen molar-refractivity contribution in [3.63, 3.8) is 0 Å². The molecule has 0 unspecified atom stereocenters. The second-order valence-electron chi connectivity index (χ2n) is 6.38. The third kappa shape index (κ3) is 2.54. The molecule has 1 heterocycles. The zero-order valence-corrected chi connectivity index (χ0v) is 16.0. The smallest absolute Gasteiger partial charge is 0.294 e. The molecule has 128 valence electrons. The molecular formula is C16H13Br2F3N2O. The van der Waals surface area contributed by atoms with Gasteiger partial charge in [-0.25, -0.2) is 4.68 Å². The molecule has 1 aliphatic rings. The summed E-state index contributed by atoms with van der Waals surface area (Å²) in [6, 6.07) is 8.47. The SMILES string of the molecule is CC1(C)CC(=O)c2c(C(F)(F)F)nn(-c3ccccc3)c2C1(Br)Br. The van der Waals surface area contributed by atoms with Crippen LogP contribution in [0.4, 0.5) is 13.2 Å². The largest absolute Gasteiger partial charge is 0.435 e. The molecular weight excluding hydrogens is 453 g/mol. The molecule has 8 heteroatoms. The third-order valence-electron chi connectivity index (χ3n) is 4.18. The maximum absolute atomic E-state index is 13.5. The van der Waals surface area contributed by atoms with Crippen molar-refractivity contribution in [1.82, 2.24) is 9.78 Å². The monoisotopic (exact) mass is 464 g/mol. The van der Waals surface area contributed by atoms with Crippen molar-refractivity contribution < 1.29 is 18.0 Å². The molecule has 3 rings (SSSR count). The predicted molar refractivity (Wildman–Crippen MR) is 90.8 cm³/mol. The summed E-state index contributed by atoms with van der Waals surface area (Å²) in [6.45, 7) is 3.62. The number of benzene rings is 1. The van der Waals surface area contributed by atoms with E-state index in [1.807, 2.05) is 13.8 Å². The van der Waals surface area contributed by atoms with Gasteiger partial charge in [-0.2, -0.15) is 18.3 Å². The van der Waals surface area contributed by atoms with E-state index in [1.54, 1.807) is 30.3 Å². The number of alkyl halides is 5. The summed E-state index contributed by atoms with van der Waals surface area (Å²) in [6.07, 6.45) is -4.74. The van der Waals surface area contributed by atoms with Crippen LogP contribution < -0.4 is 0 Å². The van der Waals surface area contributed by atoms with Gasteiger partial charge in [0.25, 0.3) is 0 Å². The first-order valence-electron chi connectivity index (χ1n) is 7.14. The highest BCUT2D eigenvalue weighted by molar-refractivity contribution is 9.24. The zero-order valence-electron chi connectivity index (χ0n) is 12.8. The molecule has 0 spiro atoms. The van der Waals surface area contributed by atoms with E-state index in [4.69, 9.17) is 0 Å². The normalized spacial score (nSPS) is 19.2. The fraction of sp³-hybridized carbons (Fsp3) is 0.375. The van der Waals surface area contributed by atoms with Crippen LogP contribution in [-0.4, -0.2) is 15.6 Å². The van der Waals surface area contributed by atoms with E-state index in [1.165, 1.54) is 4.68 Å². The van der Waals surface area contributed by atoms with Gasteiger partial charge in [-0.3, -0.25) is 4.79 Å². The van der Waals surface area contributed by atoms with Crippen molar-refractivity contribution in [1.29, 1.82) is 0 Å². The summed E-state index contributed by atoms with van der Waals surface area (Å²) in [4.78, 5) is 12.5. The molecule has 0 amide bonds. The standard InChI is InChI=1S/C16H13Br2F3N2O/c1-14(2)8-10(24)11-12(16(19,20)21)22-23(13(11)15(14,17)18)9-6-4-3-5-7-9/h3-7H,8H2,1-2H3. The summed E-state index contributed by atoms with van der Waals surface area (Å²) in [7, 11) is 0. The highest BCUT2D eigenvalue weighted by atomic mass is 79.9. The van der Waals surface area contributed by atoms with E-state index in [9.17, 15) is 18.0 Å². The predicted octanol–water partition coefficient (Wildman–Crippen LogP) is 5.45. The Kier molecular flexibility index (Phi) is 3.99. The zero-order chi connectivity index (χ0) is 17.9. The fourth-order valence-corrected chi connectivity index (χ4v) is 3.86. The molecule has 0 bridgehead atoms. The number of carbonyl (C=O) groups excluding carboxylic acids is 1. The summed E-state index contributed by atoms with van der Waals surface area (Å²) in [5.74, 6) is -0.556. The molecule has 0 N–H and O–H groups in total. The van der Waals surface area contributed by atoms with E-state index < -0.39 is 26.3 Å². The van der Waals surface area contributed by atoms with E-state index in [0.29, 0.717) is 5.69 Å². The van der Waals surface area contributed by atoms with E-state index in [0.717, 1.165) is 0 Å². The van der Waals surface area contributed by atoms with Crippen LogP contribution in [0.2, 0.25) is 0 Å². The van der Waals surface area contributed by atoms with Crippen LogP contribution in [-0.2, 0) is 9.41 Å². The van der Waals surface area contributed by atoms with Gasteiger partial charge in [0.1, 0.15) is 3.23 Å². The van der Waals surface area contributed by atoms with Gasteiger partial charge in [-0.1, -0.05) is 63.9 Å². The van der Waals surface area contributed by atoms with Crippen LogP contribution in [0.15, 0.2) is 30.3 Å². The number of carbonyl (C=O) groups is 1. The minimum Gasteiger partial charge on any atom is -0.294 e. The van der Waals surface area contributed by atoms with Gasteiger partial charge < -0.3 is 0 Å². The van der Waals surface area contributed by atoms with Crippen LogP contribution in [0.1, 0.15) is 42.0 Å². The van der Waals surface area contributed by atoms with Crippen LogP contribution >= 0.6 is 31.9 Å². The second kappa shape index (κ2) is 5.42. The van der Waals surface area contributed by atoms with Crippen molar-refractivity contribution in [3.05, 3.63) is 47.3 Å². The Hall–Kier alpha value is -1.15. The molecule has 0 fully saturated rings. The summed E-state index contributed by atoms with van der Waals surface area (Å²) in [5.41, 5.74) is -1.54. The van der Waals surface area contributed by atoms with Gasteiger partial charge in [0.05, 0.1) is 16.9 Å². The Balaban J connectivity index is 2.40. The number of aromatic nitrogens is 2. The number of hydrogen-bond donors (Lipinski definition) is 0. The van der Waals surface area contributed by atoms with Gasteiger partial charge in [-0.15, -0.1) is 0 Å². The number of halogens is 5. The van der Waals surface area contributed by atoms with Crippen molar-refractivity contribution in [2.24, 2.45) is 5.41 Å². The Morgan fingerprint density at radius 1 is 1.17 bits per heavy atom. The van der Waals surface area contributed by atoms with Gasteiger partial charge in [0.2, 0.25) is 0 Å². The van der Waals surface area contributed by atoms with Crippen LogP contribution in [0.5, 0.6) is 0 Å². The summed E-state index contributed by atoms with van der Waals surface area (Å²) >= 11 is 7.01. The highest BCUT2D eigenvalue weighted by Gasteiger charge is 2.55. The lowest BCUT2D eigenvalue weighted by Crippen LogP contribution is -2.40. The minimum absolute atomic E-state index is 0.0277. The molecule has 1 aliphatic carbocycles. The number of Topliss-reactive ketones (excluding diaryl/α,β-unsaturated/α-hetero) is 1. The second-order valence-corrected chi connectivity index (χ2v) is 9.82. The molecule has 1 aromatic heterocycles. The quantitative estimate of drug-likeness (QED) is 0.525. The lowest BCUT2D eigenvalue weighted by atomic mass is 9.75. The third-order valence-corrected chi connectivity index (χ3v) is 7.08. The Labute approximate surface area is 153 Å². The molecule has 3 nitrogen and oxygen atoms in total. The van der Waals surface area contributed by atoms with E-state index >= 15 is 0 Å². The van der Waals surface area contributed by atoms with E-state index in [2.05, 4.69) is 37.0 Å². The maximum atomic E-state index is 13.5. The Morgan fingerprint density at radius 2 is 1.75 bits per heavy atom. The van der Waals surface area contributed by atoms with Gasteiger partial charge in [0, 0.05) is 11.8 Å². The molecule has 0 saturated carbocycles. The molecule has 2 aromatic rings. The number of para-hydroxylation sites is 1. The van der Waals surface area contributed by atoms with Gasteiger partial charge >= 0.3 is 6.18 Å². The first kappa shape index (κ1) is 17.7. The van der Waals surface area contributed by atoms with Gasteiger partial charge in [0.15, 0.2) is 11.5 Å². The lowest BCUT2D eigenvalue weighted by molar-refractivity contribution is -0.141. The summed E-state index contributed by atoms with van der Waals surface area (Å²) < 4.78 is 40.6. The Bertz CT molecular complexity index is 811. The molecule has 0 atom stereocenters. The molecule has 0 aliphatic heterocycles. The number of rotatable bonds is 1. The molecule has 0 radical (unpaired) electrons. The summed E-state index contributed by atoms with van der Waals surface area (Å²) in [5, 5.41) is 3.76. The number of hydrogen-bond acceptors (Lipinski definition) is 2. The first-order valence-corrected chi connectivity index (χ1v) is 8.72. The average molecular weight is 466 g/mol. The van der Waals surface area contributed by atoms with Crippen molar-refractivity contribution in [2.45, 2.75) is 29.7 Å². The van der Waals surface area contributed by atoms with Crippen molar-refractivity contribution >= 4 is 37.6 Å². The minimum atomic E-state index is -4.71. The van der Waals surface area contributed by atoms with Gasteiger partial charge in [-0.05, 0) is 12.1 Å². The average Bonchev–Trinajstić information content (AvgIpc) is 2.88. The maximum Gasteiger partial charge on any atom is 0.435 e. The van der Waals surface area contributed by atoms with Crippen LogP contribution in [0.3, 0.4) is 0 Å². The Morgan fingerprint density at radius 3 is 2.29 bits per heavy atom. The van der Waals surface area contributed by atoms with Crippen molar-refractivity contribution in [3.8, 4) is 5.69 Å². The molecule has 24 heavy (non-hydrogen) atoms.